The SMILES string of the molecule is CC=N/C(=C\C(=N)Oc1ccc2c(C(C)=O)cccc2n1)CN. The van der Waals surface area contributed by atoms with Crippen molar-refractivity contribution in [3.8, 4) is 5.88 Å². The van der Waals surface area contributed by atoms with E-state index in [1.54, 1.807) is 43.5 Å². The fourth-order valence-corrected chi connectivity index (χ4v) is 2.11. The van der Waals surface area contributed by atoms with Crippen molar-refractivity contribution in [1.29, 1.82) is 5.41 Å². The monoisotopic (exact) mass is 310 g/mol. The second-order valence-electron chi connectivity index (χ2n) is 4.77. The molecule has 0 radical (unpaired) electrons. The van der Waals surface area contributed by atoms with E-state index in [2.05, 4.69) is 9.98 Å². The van der Waals surface area contributed by atoms with E-state index in [0.717, 1.165) is 5.39 Å². The maximum atomic E-state index is 11.6. The molecule has 23 heavy (non-hydrogen) atoms. The van der Waals surface area contributed by atoms with Crippen molar-refractivity contribution < 1.29 is 9.53 Å². The van der Waals surface area contributed by atoms with Crippen LogP contribution in [0.1, 0.15) is 24.2 Å². The number of hydrogen-bond acceptors (Lipinski definition) is 6. The standard InChI is InChI=1S/C17H18N4O2/c1-3-20-12(10-18)9-16(19)23-17-8-7-14-13(11(2)22)5-4-6-15(14)21-17/h3-9,19H,10,18H2,1-2H3/b12-9-,19-16?,20-3?. The van der Waals surface area contributed by atoms with E-state index >= 15 is 0 Å². The summed E-state index contributed by atoms with van der Waals surface area (Å²) in [5.41, 5.74) is 7.32. The van der Waals surface area contributed by atoms with Crippen LogP contribution in [-0.2, 0) is 0 Å². The fraction of sp³-hybridized carbons (Fsp3) is 0.176. The van der Waals surface area contributed by atoms with Gasteiger partial charge in [0.1, 0.15) is 0 Å². The van der Waals surface area contributed by atoms with Crippen molar-refractivity contribution in [2.45, 2.75) is 13.8 Å². The summed E-state index contributed by atoms with van der Waals surface area (Å²) in [6.45, 7) is 3.50. The van der Waals surface area contributed by atoms with Crippen molar-refractivity contribution in [2.24, 2.45) is 10.7 Å². The molecule has 0 saturated carbocycles. The Kier molecular flexibility index (Phi) is 5.32. The maximum absolute atomic E-state index is 11.6. The van der Waals surface area contributed by atoms with Gasteiger partial charge in [0, 0.05) is 35.9 Å². The smallest absolute Gasteiger partial charge is 0.221 e. The maximum Gasteiger partial charge on any atom is 0.221 e. The highest BCUT2D eigenvalue weighted by molar-refractivity contribution is 6.06. The average Bonchev–Trinajstić information content (AvgIpc) is 2.53. The molecule has 2 aromatic rings. The minimum absolute atomic E-state index is 0.0215. The molecule has 0 fully saturated rings. The Morgan fingerprint density at radius 3 is 2.83 bits per heavy atom. The number of hydrogen-bond donors (Lipinski definition) is 2. The predicted molar refractivity (Wildman–Crippen MR) is 91.4 cm³/mol. The lowest BCUT2D eigenvalue weighted by Gasteiger charge is -2.07. The first-order chi connectivity index (χ1) is 11.0. The van der Waals surface area contributed by atoms with E-state index < -0.39 is 0 Å². The Labute approximate surface area is 134 Å². The lowest BCUT2D eigenvalue weighted by atomic mass is 10.1. The second-order valence-corrected chi connectivity index (χ2v) is 4.77. The lowest BCUT2D eigenvalue weighted by molar-refractivity contribution is 0.101. The molecule has 0 aliphatic carbocycles. The summed E-state index contributed by atoms with van der Waals surface area (Å²) in [7, 11) is 0. The third-order valence-corrected chi connectivity index (χ3v) is 3.10. The van der Waals surface area contributed by atoms with Crippen LogP contribution in [0.2, 0.25) is 0 Å². The molecule has 0 aliphatic heterocycles. The molecule has 6 heteroatoms. The highest BCUT2D eigenvalue weighted by atomic mass is 16.5. The van der Waals surface area contributed by atoms with E-state index in [1.165, 1.54) is 13.0 Å². The molecular formula is C17H18N4O2. The molecule has 1 aromatic carbocycles. The summed E-state index contributed by atoms with van der Waals surface area (Å²) in [6, 6.07) is 8.71. The van der Waals surface area contributed by atoms with Crippen LogP contribution in [-0.4, -0.2) is 29.4 Å². The van der Waals surface area contributed by atoms with Gasteiger partial charge in [-0.3, -0.25) is 15.2 Å². The Hall–Kier alpha value is -2.86. The van der Waals surface area contributed by atoms with E-state index in [1.807, 2.05) is 0 Å². The first-order valence-electron chi connectivity index (χ1n) is 7.11. The van der Waals surface area contributed by atoms with E-state index in [-0.39, 0.29) is 24.1 Å². The van der Waals surface area contributed by atoms with Gasteiger partial charge in [-0.25, -0.2) is 4.98 Å². The Balaban J connectivity index is 2.28. The molecule has 0 saturated heterocycles. The molecule has 0 spiro atoms. The van der Waals surface area contributed by atoms with Crippen molar-refractivity contribution in [3.63, 3.8) is 0 Å². The van der Waals surface area contributed by atoms with Gasteiger partial charge in [-0.2, -0.15) is 0 Å². The molecule has 0 atom stereocenters. The number of carbonyl (C=O) groups is 1. The predicted octanol–water partition coefficient (Wildman–Crippen LogP) is 2.73. The number of carbonyl (C=O) groups excluding carboxylic acids is 1. The summed E-state index contributed by atoms with van der Waals surface area (Å²) in [5, 5.41) is 8.59. The van der Waals surface area contributed by atoms with Gasteiger partial charge in [0.15, 0.2) is 5.78 Å². The van der Waals surface area contributed by atoms with E-state index in [4.69, 9.17) is 15.9 Å². The van der Waals surface area contributed by atoms with Gasteiger partial charge in [-0.1, -0.05) is 12.1 Å². The molecular weight excluding hydrogens is 292 g/mol. The fourth-order valence-electron chi connectivity index (χ4n) is 2.11. The number of aliphatic imine (C=N–C) groups is 1. The highest BCUT2D eigenvalue weighted by Gasteiger charge is 2.08. The Bertz CT molecular complexity index is 809. The minimum Gasteiger partial charge on any atom is -0.421 e. The molecule has 2 rings (SSSR count). The molecule has 0 unspecified atom stereocenters. The summed E-state index contributed by atoms with van der Waals surface area (Å²) >= 11 is 0. The third-order valence-electron chi connectivity index (χ3n) is 3.10. The van der Waals surface area contributed by atoms with Crippen LogP contribution in [0.3, 0.4) is 0 Å². The van der Waals surface area contributed by atoms with Crippen molar-refractivity contribution in [2.75, 3.05) is 6.54 Å². The molecule has 0 aliphatic rings. The quantitative estimate of drug-likeness (QED) is 0.503. The summed E-state index contributed by atoms with van der Waals surface area (Å²) in [5.74, 6) is 0.147. The van der Waals surface area contributed by atoms with Crippen LogP contribution in [0, 0.1) is 5.41 Å². The molecule has 0 bridgehead atoms. The molecule has 3 N–H and O–H groups in total. The number of nitrogens with two attached hydrogens (primary N) is 1. The van der Waals surface area contributed by atoms with E-state index in [9.17, 15) is 4.79 Å². The molecule has 1 aromatic heterocycles. The molecule has 1 heterocycles. The molecule has 118 valence electrons. The van der Waals surface area contributed by atoms with Crippen molar-refractivity contribution >= 4 is 28.8 Å². The molecule has 0 amide bonds. The number of rotatable bonds is 5. The van der Waals surface area contributed by atoms with Gasteiger partial charge in [-0.05, 0) is 26.0 Å². The van der Waals surface area contributed by atoms with Crippen LogP contribution >= 0.6 is 0 Å². The number of benzene rings is 1. The number of Topliss-reactive ketones (excluding diaryl/α,β-unsaturated/α-hetero) is 1. The van der Waals surface area contributed by atoms with Gasteiger partial charge in [0.25, 0.3) is 0 Å². The summed E-state index contributed by atoms with van der Waals surface area (Å²) < 4.78 is 5.38. The zero-order valence-corrected chi connectivity index (χ0v) is 13.0. The summed E-state index contributed by atoms with van der Waals surface area (Å²) in [4.78, 5) is 20.0. The van der Waals surface area contributed by atoms with Gasteiger partial charge in [0.05, 0.1) is 11.2 Å². The number of aromatic nitrogens is 1. The van der Waals surface area contributed by atoms with Crippen LogP contribution in [0.5, 0.6) is 5.88 Å². The van der Waals surface area contributed by atoms with Crippen LogP contribution in [0.15, 0.2) is 47.1 Å². The highest BCUT2D eigenvalue weighted by Crippen LogP contribution is 2.21. The summed E-state index contributed by atoms with van der Waals surface area (Å²) in [6.07, 6.45) is 3.04. The van der Waals surface area contributed by atoms with Crippen LogP contribution < -0.4 is 10.5 Å². The second kappa shape index (κ2) is 7.42. The number of ketones is 1. The topological polar surface area (TPSA) is 101 Å². The lowest BCUT2D eigenvalue weighted by Crippen LogP contribution is -2.09. The Morgan fingerprint density at radius 1 is 1.39 bits per heavy atom. The number of ether oxygens (including phenoxy) is 1. The number of nitrogens with one attached hydrogen (secondary N) is 1. The van der Waals surface area contributed by atoms with Gasteiger partial charge in [0.2, 0.25) is 11.8 Å². The van der Waals surface area contributed by atoms with Crippen molar-refractivity contribution in [1.82, 2.24) is 4.98 Å². The first-order valence-corrected chi connectivity index (χ1v) is 7.11. The zero-order valence-electron chi connectivity index (χ0n) is 13.0. The average molecular weight is 310 g/mol. The van der Waals surface area contributed by atoms with E-state index in [0.29, 0.717) is 16.8 Å². The largest absolute Gasteiger partial charge is 0.421 e. The van der Waals surface area contributed by atoms with Gasteiger partial charge >= 0.3 is 0 Å². The van der Waals surface area contributed by atoms with Gasteiger partial charge < -0.3 is 10.5 Å². The Morgan fingerprint density at radius 2 is 2.17 bits per heavy atom. The number of fused-ring (bicyclic) bond motifs is 1. The number of pyridine rings is 1. The van der Waals surface area contributed by atoms with Crippen molar-refractivity contribution in [3.05, 3.63) is 47.7 Å². The number of nitrogens with zero attached hydrogens (tertiary/aromatic N) is 2. The van der Waals surface area contributed by atoms with Crippen LogP contribution in [0.4, 0.5) is 0 Å². The normalized spacial score (nSPS) is 11.9. The van der Waals surface area contributed by atoms with Crippen LogP contribution in [0.25, 0.3) is 10.9 Å². The molecule has 6 nitrogen and oxygen atoms in total. The minimum atomic E-state index is -0.106. The van der Waals surface area contributed by atoms with Gasteiger partial charge in [-0.15, -0.1) is 0 Å². The first kappa shape index (κ1) is 16.5. The third kappa shape index (κ3) is 4.08. The zero-order chi connectivity index (χ0) is 16.8.